The summed E-state index contributed by atoms with van der Waals surface area (Å²) in [6, 6.07) is 5.22. The Bertz CT molecular complexity index is 913. The summed E-state index contributed by atoms with van der Waals surface area (Å²) in [6.07, 6.45) is 6.57. The van der Waals surface area contributed by atoms with Crippen LogP contribution in [0.5, 0.6) is 11.8 Å². The topological polar surface area (TPSA) is 90.4 Å². The van der Waals surface area contributed by atoms with Gasteiger partial charge in [-0.05, 0) is 49.4 Å². The van der Waals surface area contributed by atoms with Crippen molar-refractivity contribution in [3.05, 3.63) is 41.2 Å². The Morgan fingerprint density at radius 1 is 1.15 bits per heavy atom. The molecule has 0 saturated heterocycles. The maximum atomic E-state index is 12.7. The third-order valence-electron chi connectivity index (χ3n) is 4.84. The number of ether oxygens (including phenoxy) is 2. The molecule has 9 heteroatoms. The number of halogens is 1. The summed E-state index contributed by atoms with van der Waals surface area (Å²) in [5, 5.41) is 0.457. The summed E-state index contributed by atoms with van der Waals surface area (Å²) in [5.41, 5.74) is 0.943. The largest absolute Gasteiger partial charge is 0.493 e. The van der Waals surface area contributed by atoms with E-state index in [0.717, 1.165) is 30.6 Å². The van der Waals surface area contributed by atoms with Gasteiger partial charge in [0.1, 0.15) is 11.9 Å². The predicted molar refractivity (Wildman–Crippen MR) is 99.7 cm³/mol. The van der Waals surface area contributed by atoms with Gasteiger partial charge in [0.25, 0.3) is 0 Å². The number of nitrogens with zero attached hydrogens (tertiary/aromatic N) is 2. The van der Waals surface area contributed by atoms with Gasteiger partial charge < -0.3 is 9.47 Å². The van der Waals surface area contributed by atoms with Crippen LogP contribution in [0.2, 0.25) is 5.02 Å². The zero-order chi connectivity index (χ0) is 18.9. The summed E-state index contributed by atoms with van der Waals surface area (Å²) < 4.78 is 39.4. The Kier molecular flexibility index (Phi) is 5.21. The molecule has 1 aromatic heterocycles. The van der Waals surface area contributed by atoms with Crippen LogP contribution in [-0.4, -0.2) is 37.1 Å². The summed E-state index contributed by atoms with van der Waals surface area (Å²) in [5.74, 6) is 0.774. The number of benzene rings is 1. The van der Waals surface area contributed by atoms with Crippen molar-refractivity contribution in [2.75, 3.05) is 6.61 Å². The van der Waals surface area contributed by atoms with Crippen molar-refractivity contribution in [1.29, 1.82) is 0 Å². The van der Waals surface area contributed by atoms with E-state index in [1.807, 2.05) is 0 Å². The van der Waals surface area contributed by atoms with Crippen molar-refractivity contribution in [2.24, 2.45) is 0 Å². The van der Waals surface area contributed by atoms with Gasteiger partial charge in [-0.1, -0.05) is 11.6 Å². The van der Waals surface area contributed by atoms with E-state index in [1.54, 1.807) is 18.2 Å². The van der Waals surface area contributed by atoms with Gasteiger partial charge in [-0.3, -0.25) is 0 Å². The van der Waals surface area contributed by atoms with Crippen LogP contribution in [0.1, 0.15) is 31.2 Å². The second kappa shape index (κ2) is 7.61. The number of hydrogen-bond donors (Lipinski definition) is 1. The number of rotatable bonds is 5. The minimum atomic E-state index is -3.55. The van der Waals surface area contributed by atoms with Gasteiger partial charge in [0.05, 0.1) is 28.9 Å². The van der Waals surface area contributed by atoms with Crippen LogP contribution >= 0.6 is 11.6 Å². The normalized spacial score (nSPS) is 22.1. The molecule has 1 aliphatic carbocycles. The lowest BCUT2D eigenvalue weighted by atomic mass is 9.94. The first-order valence-electron chi connectivity index (χ1n) is 8.92. The maximum Gasteiger partial charge on any atom is 0.316 e. The minimum Gasteiger partial charge on any atom is -0.493 e. The third-order valence-corrected chi connectivity index (χ3v) is 6.55. The van der Waals surface area contributed by atoms with E-state index in [-0.39, 0.29) is 12.1 Å². The molecular formula is C18H20ClN3O4S. The molecule has 0 radical (unpaired) electrons. The SMILES string of the molecule is O=S(=O)(NC1CCC(Oc2ncc(Cl)cn2)CC1)c1ccc2c(c1)CCO2. The molecule has 0 unspecified atom stereocenters. The van der Waals surface area contributed by atoms with Crippen LogP contribution < -0.4 is 14.2 Å². The van der Waals surface area contributed by atoms with Crippen LogP contribution in [0.4, 0.5) is 0 Å². The molecule has 1 N–H and O–H groups in total. The third kappa shape index (κ3) is 4.34. The molecule has 27 heavy (non-hydrogen) atoms. The van der Waals surface area contributed by atoms with Crippen LogP contribution in [0, 0.1) is 0 Å². The van der Waals surface area contributed by atoms with E-state index in [0.29, 0.717) is 35.4 Å². The molecule has 0 bridgehead atoms. The summed E-state index contributed by atoms with van der Waals surface area (Å²) >= 11 is 5.76. The van der Waals surface area contributed by atoms with Crippen molar-refractivity contribution in [3.8, 4) is 11.8 Å². The molecule has 4 rings (SSSR count). The Labute approximate surface area is 163 Å². The molecule has 0 amide bonds. The molecule has 2 heterocycles. The molecule has 7 nitrogen and oxygen atoms in total. The highest BCUT2D eigenvalue weighted by molar-refractivity contribution is 7.89. The highest BCUT2D eigenvalue weighted by Crippen LogP contribution is 2.28. The fourth-order valence-corrected chi connectivity index (χ4v) is 4.88. The Hall–Kier alpha value is -1.90. The average molecular weight is 410 g/mol. The number of hydrogen-bond acceptors (Lipinski definition) is 6. The Morgan fingerprint density at radius 2 is 1.89 bits per heavy atom. The molecule has 1 saturated carbocycles. The van der Waals surface area contributed by atoms with E-state index in [9.17, 15) is 8.42 Å². The molecule has 2 aromatic rings. The predicted octanol–water partition coefficient (Wildman–Crippen LogP) is 2.73. The zero-order valence-electron chi connectivity index (χ0n) is 14.6. The standard InChI is InChI=1S/C18H20ClN3O4S/c19-13-10-20-18(21-11-13)26-15-3-1-14(2-4-15)22-27(23,24)16-5-6-17-12(9-16)7-8-25-17/h5-6,9-11,14-15,22H,1-4,7-8H2. The molecule has 2 aliphatic rings. The van der Waals surface area contributed by atoms with Crippen molar-refractivity contribution >= 4 is 21.6 Å². The quantitative estimate of drug-likeness (QED) is 0.816. The lowest BCUT2D eigenvalue weighted by Crippen LogP contribution is -2.39. The number of aromatic nitrogens is 2. The summed E-state index contributed by atoms with van der Waals surface area (Å²) in [6.45, 7) is 0.605. The van der Waals surface area contributed by atoms with Crippen molar-refractivity contribution < 1.29 is 17.9 Å². The first kappa shape index (κ1) is 18.5. The monoisotopic (exact) mass is 409 g/mol. The van der Waals surface area contributed by atoms with E-state index in [1.165, 1.54) is 12.4 Å². The van der Waals surface area contributed by atoms with Crippen LogP contribution in [-0.2, 0) is 16.4 Å². The van der Waals surface area contributed by atoms with Crippen molar-refractivity contribution in [1.82, 2.24) is 14.7 Å². The Balaban J connectivity index is 1.33. The van der Waals surface area contributed by atoms with Gasteiger partial charge >= 0.3 is 6.01 Å². The van der Waals surface area contributed by atoms with Gasteiger partial charge in [-0.25, -0.2) is 23.1 Å². The zero-order valence-corrected chi connectivity index (χ0v) is 16.2. The second-order valence-corrected chi connectivity index (χ2v) is 8.92. The van der Waals surface area contributed by atoms with Gasteiger partial charge in [0, 0.05) is 12.5 Å². The molecule has 1 fully saturated rings. The molecule has 1 aromatic carbocycles. The summed E-state index contributed by atoms with van der Waals surface area (Å²) in [4.78, 5) is 8.36. The van der Waals surface area contributed by atoms with E-state index >= 15 is 0 Å². The van der Waals surface area contributed by atoms with Gasteiger partial charge in [0.2, 0.25) is 10.0 Å². The lowest BCUT2D eigenvalue weighted by Gasteiger charge is -2.28. The van der Waals surface area contributed by atoms with Gasteiger partial charge in [-0.15, -0.1) is 0 Å². The molecule has 144 valence electrons. The fourth-order valence-electron chi connectivity index (χ4n) is 3.43. The van der Waals surface area contributed by atoms with Crippen LogP contribution in [0.25, 0.3) is 0 Å². The highest BCUT2D eigenvalue weighted by Gasteiger charge is 2.28. The maximum absolute atomic E-state index is 12.7. The van der Waals surface area contributed by atoms with E-state index in [2.05, 4.69) is 14.7 Å². The lowest BCUT2D eigenvalue weighted by molar-refractivity contribution is 0.132. The van der Waals surface area contributed by atoms with Gasteiger partial charge in [-0.2, -0.15) is 0 Å². The number of nitrogens with one attached hydrogen (secondary N) is 1. The molecular weight excluding hydrogens is 390 g/mol. The van der Waals surface area contributed by atoms with E-state index < -0.39 is 10.0 Å². The fraction of sp³-hybridized carbons (Fsp3) is 0.444. The molecule has 1 aliphatic heterocycles. The minimum absolute atomic E-state index is 0.0240. The smallest absolute Gasteiger partial charge is 0.316 e. The molecule has 0 spiro atoms. The number of sulfonamides is 1. The van der Waals surface area contributed by atoms with Crippen molar-refractivity contribution in [2.45, 2.75) is 49.1 Å². The second-order valence-electron chi connectivity index (χ2n) is 6.76. The summed E-state index contributed by atoms with van der Waals surface area (Å²) in [7, 11) is -3.55. The van der Waals surface area contributed by atoms with Gasteiger partial charge in [0.15, 0.2) is 0 Å². The molecule has 0 atom stereocenters. The van der Waals surface area contributed by atoms with E-state index in [4.69, 9.17) is 21.1 Å². The number of fused-ring (bicyclic) bond motifs is 1. The van der Waals surface area contributed by atoms with Crippen LogP contribution in [0.3, 0.4) is 0 Å². The Morgan fingerprint density at radius 3 is 2.63 bits per heavy atom. The average Bonchev–Trinajstić information content (AvgIpc) is 3.13. The highest BCUT2D eigenvalue weighted by atomic mass is 35.5. The van der Waals surface area contributed by atoms with Crippen LogP contribution in [0.15, 0.2) is 35.5 Å². The van der Waals surface area contributed by atoms with Crippen molar-refractivity contribution in [3.63, 3.8) is 0 Å². The first-order chi connectivity index (χ1) is 13.0. The first-order valence-corrected chi connectivity index (χ1v) is 10.8.